The Kier molecular flexibility index (Phi) is 4.19. The number of ether oxygens (including phenoxy) is 1. The Morgan fingerprint density at radius 3 is 2.94 bits per heavy atom. The van der Waals surface area contributed by atoms with E-state index < -0.39 is 0 Å². The van der Waals surface area contributed by atoms with Gasteiger partial charge in [-0.2, -0.15) is 0 Å². The third-order valence-corrected chi connectivity index (χ3v) is 4.00. The lowest BCUT2D eigenvalue weighted by Crippen LogP contribution is -2.33. The fourth-order valence-corrected chi connectivity index (χ4v) is 2.39. The predicted octanol–water partition coefficient (Wildman–Crippen LogP) is 2.82. The summed E-state index contributed by atoms with van der Waals surface area (Å²) < 4.78 is 5.43. The van der Waals surface area contributed by atoms with Gasteiger partial charge in [-0.05, 0) is 49.8 Å². The molecule has 2 nitrogen and oxygen atoms in total. The van der Waals surface area contributed by atoms with Gasteiger partial charge in [0.2, 0.25) is 0 Å². The van der Waals surface area contributed by atoms with Crippen molar-refractivity contribution in [3.63, 3.8) is 0 Å². The van der Waals surface area contributed by atoms with Gasteiger partial charge in [0.25, 0.3) is 0 Å². The second kappa shape index (κ2) is 5.65. The number of aryl methyl sites for hydroxylation is 1. The van der Waals surface area contributed by atoms with E-state index in [1.807, 2.05) is 0 Å². The van der Waals surface area contributed by atoms with Gasteiger partial charge in [-0.1, -0.05) is 18.2 Å². The van der Waals surface area contributed by atoms with Crippen LogP contribution < -0.4 is 5.32 Å². The lowest BCUT2D eigenvalue weighted by Gasteiger charge is -2.20. The monoisotopic (exact) mass is 233 g/mol. The highest BCUT2D eigenvalue weighted by Crippen LogP contribution is 2.18. The van der Waals surface area contributed by atoms with Crippen LogP contribution >= 0.6 is 0 Å². The molecule has 1 fully saturated rings. The number of hydrogen-bond acceptors (Lipinski definition) is 2. The molecule has 1 aliphatic heterocycles. The molecule has 1 heterocycles. The Morgan fingerprint density at radius 1 is 1.41 bits per heavy atom. The van der Waals surface area contributed by atoms with E-state index in [0.29, 0.717) is 12.0 Å². The van der Waals surface area contributed by atoms with E-state index in [4.69, 9.17) is 4.74 Å². The summed E-state index contributed by atoms with van der Waals surface area (Å²) in [5.74, 6) is 0.681. The van der Waals surface area contributed by atoms with Crippen molar-refractivity contribution in [2.24, 2.45) is 5.92 Å². The van der Waals surface area contributed by atoms with Gasteiger partial charge in [0.1, 0.15) is 0 Å². The third-order valence-electron chi connectivity index (χ3n) is 4.00. The van der Waals surface area contributed by atoms with E-state index in [1.165, 1.54) is 23.1 Å². The normalized spacial score (nSPS) is 21.7. The molecule has 1 aliphatic rings. The average molecular weight is 233 g/mol. The van der Waals surface area contributed by atoms with Gasteiger partial charge >= 0.3 is 0 Å². The molecule has 1 aromatic carbocycles. The van der Waals surface area contributed by atoms with Crippen molar-refractivity contribution in [3.05, 3.63) is 34.9 Å². The molecule has 0 aromatic heterocycles. The Hall–Kier alpha value is -0.860. The molecule has 94 valence electrons. The first-order valence-corrected chi connectivity index (χ1v) is 6.54. The lowest BCUT2D eigenvalue weighted by molar-refractivity contribution is 0.178. The van der Waals surface area contributed by atoms with Crippen molar-refractivity contribution in [2.45, 2.75) is 39.8 Å². The molecule has 1 saturated heterocycles. The summed E-state index contributed by atoms with van der Waals surface area (Å²) in [5, 5.41) is 3.63. The zero-order valence-corrected chi connectivity index (χ0v) is 11.1. The van der Waals surface area contributed by atoms with Gasteiger partial charge < -0.3 is 10.1 Å². The molecule has 0 aliphatic carbocycles. The number of hydrogen-bond donors (Lipinski definition) is 1. The minimum absolute atomic E-state index is 0.539. The van der Waals surface area contributed by atoms with Crippen molar-refractivity contribution in [2.75, 3.05) is 13.2 Å². The van der Waals surface area contributed by atoms with Gasteiger partial charge in [0.15, 0.2) is 0 Å². The highest BCUT2D eigenvalue weighted by Gasteiger charge is 2.21. The first-order chi connectivity index (χ1) is 8.18. The smallest absolute Gasteiger partial charge is 0.0509 e. The highest BCUT2D eigenvalue weighted by atomic mass is 16.5. The van der Waals surface area contributed by atoms with Crippen molar-refractivity contribution in [1.29, 1.82) is 0 Å². The molecule has 1 aromatic rings. The largest absolute Gasteiger partial charge is 0.381 e. The van der Waals surface area contributed by atoms with Gasteiger partial charge in [0, 0.05) is 19.2 Å². The minimum atomic E-state index is 0.539. The summed E-state index contributed by atoms with van der Waals surface area (Å²) in [6.07, 6.45) is 1.20. The van der Waals surface area contributed by atoms with Gasteiger partial charge in [0.05, 0.1) is 6.61 Å². The van der Waals surface area contributed by atoms with Crippen LogP contribution in [0.15, 0.2) is 18.2 Å². The van der Waals surface area contributed by atoms with E-state index in [0.717, 1.165) is 19.8 Å². The predicted molar refractivity (Wildman–Crippen MR) is 71.1 cm³/mol. The molecular weight excluding hydrogens is 210 g/mol. The van der Waals surface area contributed by atoms with Crippen LogP contribution in [0.5, 0.6) is 0 Å². The molecule has 2 atom stereocenters. The number of nitrogens with one attached hydrogen (secondary N) is 1. The maximum Gasteiger partial charge on any atom is 0.0509 e. The fraction of sp³-hybridized carbons (Fsp3) is 0.600. The fourth-order valence-electron chi connectivity index (χ4n) is 2.39. The SMILES string of the molecule is Cc1cccc(CNC(C)C2CCOC2)c1C. The van der Waals surface area contributed by atoms with Crippen molar-refractivity contribution in [3.8, 4) is 0 Å². The summed E-state index contributed by atoms with van der Waals surface area (Å²) in [7, 11) is 0. The van der Waals surface area contributed by atoms with E-state index >= 15 is 0 Å². The van der Waals surface area contributed by atoms with E-state index in [-0.39, 0.29) is 0 Å². The molecule has 0 amide bonds. The van der Waals surface area contributed by atoms with E-state index in [2.05, 4.69) is 44.3 Å². The first-order valence-electron chi connectivity index (χ1n) is 6.54. The highest BCUT2D eigenvalue weighted by molar-refractivity contribution is 5.32. The summed E-state index contributed by atoms with van der Waals surface area (Å²) >= 11 is 0. The summed E-state index contributed by atoms with van der Waals surface area (Å²) in [5.41, 5.74) is 4.20. The Labute approximate surface area is 104 Å². The second-order valence-electron chi connectivity index (χ2n) is 5.15. The lowest BCUT2D eigenvalue weighted by atomic mass is 9.99. The maximum atomic E-state index is 5.43. The number of rotatable bonds is 4. The van der Waals surface area contributed by atoms with Crippen LogP contribution in [0.25, 0.3) is 0 Å². The molecule has 17 heavy (non-hydrogen) atoms. The Morgan fingerprint density at radius 2 is 2.24 bits per heavy atom. The van der Waals surface area contributed by atoms with Crippen LogP contribution in [0.2, 0.25) is 0 Å². The van der Waals surface area contributed by atoms with Gasteiger partial charge in [-0.3, -0.25) is 0 Å². The maximum absolute atomic E-state index is 5.43. The van der Waals surface area contributed by atoms with Crippen molar-refractivity contribution < 1.29 is 4.74 Å². The summed E-state index contributed by atoms with van der Waals surface area (Å²) in [6, 6.07) is 7.07. The molecule has 0 radical (unpaired) electrons. The molecule has 0 spiro atoms. The topological polar surface area (TPSA) is 21.3 Å². The number of benzene rings is 1. The third kappa shape index (κ3) is 3.08. The van der Waals surface area contributed by atoms with Crippen molar-refractivity contribution >= 4 is 0 Å². The van der Waals surface area contributed by atoms with Crippen LogP contribution in [-0.4, -0.2) is 19.3 Å². The molecule has 1 N–H and O–H groups in total. The zero-order valence-electron chi connectivity index (χ0n) is 11.1. The quantitative estimate of drug-likeness (QED) is 0.863. The van der Waals surface area contributed by atoms with Gasteiger partial charge in [-0.15, -0.1) is 0 Å². The first kappa shape index (κ1) is 12.6. The van der Waals surface area contributed by atoms with Crippen LogP contribution in [0.1, 0.15) is 30.0 Å². The van der Waals surface area contributed by atoms with Crippen LogP contribution in [0, 0.1) is 19.8 Å². The molecule has 0 saturated carbocycles. The van der Waals surface area contributed by atoms with E-state index in [9.17, 15) is 0 Å². The van der Waals surface area contributed by atoms with Crippen LogP contribution in [0.4, 0.5) is 0 Å². The standard InChI is InChI=1S/C15H23NO/c1-11-5-4-6-14(12(11)2)9-16-13(3)15-7-8-17-10-15/h4-6,13,15-16H,7-10H2,1-3H3. The van der Waals surface area contributed by atoms with Crippen molar-refractivity contribution in [1.82, 2.24) is 5.32 Å². The molecule has 0 bridgehead atoms. The Balaban J connectivity index is 1.90. The van der Waals surface area contributed by atoms with Crippen LogP contribution in [0.3, 0.4) is 0 Å². The summed E-state index contributed by atoms with van der Waals surface area (Å²) in [6.45, 7) is 9.46. The minimum Gasteiger partial charge on any atom is -0.381 e. The Bertz CT molecular complexity index is 369. The average Bonchev–Trinajstić information content (AvgIpc) is 2.84. The van der Waals surface area contributed by atoms with Crippen LogP contribution in [-0.2, 0) is 11.3 Å². The second-order valence-corrected chi connectivity index (χ2v) is 5.15. The van der Waals surface area contributed by atoms with E-state index in [1.54, 1.807) is 0 Å². The molecule has 2 rings (SSSR count). The molecule has 2 heteroatoms. The zero-order chi connectivity index (χ0) is 12.3. The van der Waals surface area contributed by atoms with Gasteiger partial charge in [-0.25, -0.2) is 0 Å². The molecular formula is C15H23NO. The molecule has 2 unspecified atom stereocenters. The summed E-state index contributed by atoms with van der Waals surface area (Å²) in [4.78, 5) is 0.